The highest BCUT2D eigenvalue weighted by Gasteiger charge is 2.33. The van der Waals surface area contributed by atoms with Crippen LogP contribution in [0.3, 0.4) is 0 Å². The Morgan fingerprint density at radius 1 is 1.27 bits per heavy atom. The number of aliphatic imine (C=N–C) groups is 1. The van der Waals surface area contributed by atoms with E-state index in [-0.39, 0.29) is 4.75 Å². The summed E-state index contributed by atoms with van der Waals surface area (Å²) in [6.45, 7) is 9.75. The highest BCUT2D eigenvalue weighted by atomic mass is 32.2. The number of hydrogen-bond acceptors (Lipinski definition) is 4. The molecule has 1 saturated carbocycles. The number of thioether (sulfide) groups is 1. The first-order valence-corrected chi connectivity index (χ1v) is 12.6. The van der Waals surface area contributed by atoms with Gasteiger partial charge in [-0.15, -0.1) is 0 Å². The van der Waals surface area contributed by atoms with Crippen LogP contribution in [0.25, 0.3) is 0 Å². The molecule has 0 radical (unpaired) electrons. The van der Waals surface area contributed by atoms with E-state index in [9.17, 15) is 4.21 Å². The number of guanidine groups is 1. The minimum atomic E-state index is -0.687. The fourth-order valence-electron chi connectivity index (χ4n) is 3.88. The van der Waals surface area contributed by atoms with E-state index in [1.807, 2.05) is 18.7 Å². The van der Waals surface area contributed by atoms with Gasteiger partial charge in [-0.05, 0) is 44.8 Å². The molecule has 1 aliphatic heterocycles. The first-order valence-electron chi connectivity index (χ1n) is 10.3. The van der Waals surface area contributed by atoms with Crippen molar-refractivity contribution in [2.75, 3.05) is 37.8 Å². The van der Waals surface area contributed by atoms with E-state index in [0.29, 0.717) is 11.3 Å². The number of nitrogens with zero attached hydrogens (tertiary/aromatic N) is 1. The minimum Gasteiger partial charge on any atom is -0.381 e. The van der Waals surface area contributed by atoms with Crippen LogP contribution >= 0.6 is 11.8 Å². The minimum absolute atomic E-state index is 0.216. The van der Waals surface area contributed by atoms with Crippen molar-refractivity contribution < 1.29 is 8.95 Å². The Hall–Kier alpha value is -0.270. The maximum absolute atomic E-state index is 12.2. The average molecular weight is 404 g/mol. The summed E-state index contributed by atoms with van der Waals surface area (Å²) in [4.78, 5) is 4.95. The molecule has 2 fully saturated rings. The second-order valence-electron chi connectivity index (χ2n) is 7.22. The third-order valence-electron chi connectivity index (χ3n) is 5.35. The van der Waals surface area contributed by atoms with Crippen molar-refractivity contribution >= 4 is 28.5 Å². The van der Waals surface area contributed by atoms with Crippen LogP contribution in [0.15, 0.2) is 4.99 Å². The van der Waals surface area contributed by atoms with Crippen LogP contribution in [0.2, 0.25) is 0 Å². The van der Waals surface area contributed by atoms with Crippen LogP contribution in [0.1, 0.15) is 59.3 Å². The van der Waals surface area contributed by atoms with E-state index < -0.39 is 10.8 Å². The van der Waals surface area contributed by atoms with E-state index in [2.05, 4.69) is 24.5 Å². The maximum atomic E-state index is 12.2. The zero-order valence-electron chi connectivity index (χ0n) is 16.7. The molecule has 0 aromatic carbocycles. The molecule has 152 valence electrons. The van der Waals surface area contributed by atoms with Gasteiger partial charge < -0.3 is 15.4 Å². The van der Waals surface area contributed by atoms with E-state index in [1.165, 1.54) is 0 Å². The van der Waals surface area contributed by atoms with E-state index in [4.69, 9.17) is 9.73 Å². The van der Waals surface area contributed by atoms with Crippen LogP contribution in [0, 0.1) is 0 Å². The standard InChI is InChI=1S/C19H37N3O2S2/c1-4-20-18(21-15-19(25-5-2)10-12-24-13-11-19)22-16-8-7-9-17(14-16)26(23)6-3/h16-17H,4-15H2,1-3H3,(H2,20,21,22). The molecule has 1 aliphatic carbocycles. The summed E-state index contributed by atoms with van der Waals surface area (Å²) >= 11 is 2.03. The predicted octanol–water partition coefficient (Wildman–Crippen LogP) is 2.92. The number of rotatable bonds is 8. The van der Waals surface area contributed by atoms with E-state index in [1.54, 1.807) is 0 Å². The van der Waals surface area contributed by atoms with Crippen molar-refractivity contribution in [3.63, 3.8) is 0 Å². The fraction of sp³-hybridized carbons (Fsp3) is 0.947. The summed E-state index contributed by atoms with van der Waals surface area (Å²) < 4.78 is 18.0. The van der Waals surface area contributed by atoms with Crippen molar-refractivity contribution in [1.29, 1.82) is 0 Å². The SMILES string of the molecule is CCNC(=NCC1(SCC)CCOCC1)NC1CCCC(S(=O)CC)C1. The topological polar surface area (TPSA) is 62.7 Å². The lowest BCUT2D eigenvalue weighted by Gasteiger charge is -2.35. The number of ether oxygens (including phenoxy) is 1. The van der Waals surface area contributed by atoms with Gasteiger partial charge in [0.2, 0.25) is 0 Å². The molecule has 2 rings (SSSR count). The first-order chi connectivity index (χ1) is 12.6. The molecule has 0 aromatic heterocycles. The van der Waals surface area contributed by atoms with Gasteiger partial charge in [-0.25, -0.2) is 0 Å². The van der Waals surface area contributed by atoms with E-state index in [0.717, 1.165) is 82.3 Å². The van der Waals surface area contributed by atoms with Gasteiger partial charge in [0.25, 0.3) is 0 Å². The molecule has 3 unspecified atom stereocenters. The zero-order chi connectivity index (χ0) is 18.8. The number of hydrogen-bond donors (Lipinski definition) is 2. The summed E-state index contributed by atoms with van der Waals surface area (Å²) in [6.07, 6.45) is 6.55. The van der Waals surface area contributed by atoms with Crippen LogP contribution in [-0.2, 0) is 15.5 Å². The Morgan fingerprint density at radius 3 is 2.69 bits per heavy atom. The highest BCUT2D eigenvalue weighted by Crippen LogP contribution is 2.35. The Kier molecular flexibility index (Phi) is 9.78. The molecular weight excluding hydrogens is 366 g/mol. The lowest BCUT2D eigenvalue weighted by molar-refractivity contribution is 0.0793. The normalized spacial score (nSPS) is 27.7. The largest absolute Gasteiger partial charge is 0.381 e. The maximum Gasteiger partial charge on any atom is 0.191 e. The molecule has 7 heteroatoms. The monoisotopic (exact) mass is 403 g/mol. The summed E-state index contributed by atoms with van der Waals surface area (Å²) in [5.74, 6) is 2.81. The lowest BCUT2D eigenvalue weighted by atomic mass is 9.95. The predicted molar refractivity (Wildman–Crippen MR) is 115 cm³/mol. The Morgan fingerprint density at radius 2 is 2.04 bits per heavy atom. The van der Waals surface area contributed by atoms with Gasteiger partial charge in [0.05, 0.1) is 6.54 Å². The Labute approximate surface area is 166 Å². The van der Waals surface area contributed by atoms with Gasteiger partial charge in [0.15, 0.2) is 5.96 Å². The van der Waals surface area contributed by atoms with Crippen molar-refractivity contribution in [2.24, 2.45) is 4.99 Å². The van der Waals surface area contributed by atoms with Gasteiger partial charge in [0.1, 0.15) is 0 Å². The molecule has 0 bridgehead atoms. The number of nitrogens with one attached hydrogen (secondary N) is 2. The smallest absolute Gasteiger partial charge is 0.191 e. The van der Waals surface area contributed by atoms with Crippen LogP contribution in [0.4, 0.5) is 0 Å². The molecule has 0 spiro atoms. The van der Waals surface area contributed by atoms with Crippen LogP contribution < -0.4 is 10.6 Å². The Balaban J connectivity index is 1.97. The second kappa shape index (κ2) is 11.5. The quantitative estimate of drug-likeness (QED) is 0.482. The van der Waals surface area contributed by atoms with E-state index >= 15 is 0 Å². The van der Waals surface area contributed by atoms with Crippen LogP contribution in [0.5, 0.6) is 0 Å². The molecule has 2 N–H and O–H groups in total. The molecule has 0 aromatic rings. The van der Waals surface area contributed by atoms with Crippen molar-refractivity contribution in [3.8, 4) is 0 Å². The fourth-order valence-corrected chi connectivity index (χ4v) is 6.46. The summed E-state index contributed by atoms with van der Waals surface area (Å²) in [7, 11) is -0.687. The van der Waals surface area contributed by atoms with Crippen molar-refractivity contribution in [3.05, 3.63) is 0 Å². The third-order valence-corrected chi connectivity index (χ3v) is 8.53. The molecule has 0 amide bonds. The first kappa shape index (κ1) is 22.0. The lowest BCUT2D eigenvalue weighted by Crippen LogP contribution is -2.47. The van der Waals surface area contributed by atoms with Crippen molar-refractivity contribution in [2.45, 2.75) is 75.3 Å². The summed E-state index contributed by atoms with van der Waals surface area (Å²) in [5.41, 5.74) is 0. The highest BCUT2D eigenvalue weighted by molar-refractivity contribution is 8.00. The summed E-state index contributed by atoms with van der Waals surface area (Å²) in [5, 5.41) is 7.38. The average Bonchev–Trinajstić information content (AvgIpc) is 2.67. The van der Waals surface area contributed by atoms with Gasteiger partial charge in [-0.1, -0.05) is 20.3 Å². The zero-order valence-corrected chi connectivity index (χ0v) is 18.4. The molecule has 5 nitrogen and oxygen atoms in total. The second-order valence-corrected chi connectivity index (χ2v) is 11.0. The molecule has 1 saturated heterocycles. The summed E-state index contributed by atoms with van der Waals surface area (Å²) in [6, 6.07) is 0.381. The van der Waals surface area contributed by atoms with Crippen LogP contribution in [-0.4, -0.2) is 64.0 Å². The Bertz CT molecular complexity index is 462. The molecular formula is C19H37N3O2S2. The molecule has 3 atom stereocenters. The van der Waals surface area contributed by atoms with Gasteiger partial charge in [-0.2, -0.15) is 11.8 Å². The van der Waals surface area contributed by atoms with Gasteiger partial charge in [0, 0.05) is 52.3 Å². The molecule has 1 heterocycles. The van der Waals surface area contributed by atoms with Gasteiger partial charge in [-0.3, -0.25) is 9.20 Å². The van der Waals surface area contributed by atoms with Gasteiger partial charge >= 0.3 is 0 Å². The molecule has 2 aliphatic rings. The molecule has 26 heavy (non-hydrogen) atoms. The van der Waals surface area contributed by atoms with Crippen molar-refractivity contribution in [1.82, 2.24) is 10.6 Å². The third kappa shape index (κ3) is 6.71.